The minimum absolute atomic E-state index is 0.0438. The topological polar surface area (TPSA) is 155 Å². The number of primary sulfonamides is 1. The number of nitriles is 1. The van der Waals surface area contributed by atoms with E-state index >= 15 is 0 Å². The second-order valence-electron chi connectivity index (χ2n) is 8.52. The second-order valence-corrected chi connectivity index (χ2v) is 10.1. The summed E-state index contributed by atoms with van der Waals surface area (Å²) in [6, 6.07) is 15.7. The van der Waals surface area contributed by atoms with Crippen LogP contribution in [0.15, 0.2) is 65.8 Å². The molecule has 0 bridgehead atoms. The number of sulfonamides is 1. The van der Waals surface area contributed by atoms with Gasteiger partial charge < -0.3 is 10.6 Å². The molecule has 3 aromatic heterocycles. The Morgan fingerprint density at radius 2 is 1.89 bits per heavy atom. The number of aromatic nitrogens is 3. The van der Waals surface area contributed by atoms with Gasteiger partial charge in [-0.15, -0.1) is 0 Å². The molecule has 0 radical (unpaired) electrons. The van der Waals surface area contributed by atoms with E-state index in [0.717, 1.165) is 16.8 Å². The molecule has 1 amide bonds. The third kappa shape index (κ3) is 5.51. The first-order valence-corrected chi connectivity index (χ1v) is 12.7. The van der Waals surface area contributed by atoms with Gasteiger partial charge >= 0.3 is 0 Å². The molecule has 3 heterocycles. The lowest BCUT2D eigenvalue weighted by molar-refractivity contribution is 0.0954. The van der Waals surface area contributed by atoms with Gasteiger partial charge in [0.25, 0.3) is 5.91 Å². The summed E-state index contributed by atoms with van der Waals surface area (Å²) in [6.07, 6.45) is 3.54. The average Bonchev–Trinajstić information content (AvgIpc) is 3.26. The highest BCUT2D eigenvalue weighted by Crippen LogP contribution is 2.26. The Kier molecular flexibility index (Phi) is 7.00. The van der Waals surface area contributed by atoms with E-state index < -0.39 is 10.0 Å². The van der Waals surface area contributed by atoms with Crippen LogP contribution in [0.2, 0.25) is 0 Å². The molecule has 0 aliphatic heterocycles. The van der Waals surface area contributed by atoms with Crippen molar-refractivity contribution >= 4 is 27.1 Å². The summed E-state index contributed by atoms with van der Waals surface area (Å²) in [6.45, 7) is 4.31. The minimum Gasteiger partial charge on any atom is -0.382 e. The monoisotopic (exact) mass is 503 g/mol. The summed E-state index contributed by atoms with van der Waals surface area (Å²) >= 11 is 0. The van der Waals surface area contributed by atoms with Gasteiger partial charge in [0.2, 0.25) is 10.0 Å². The second kappa shape index (κ2) is 10.2. The Labute approximate surface area is 208 Å². The van der Waals surface area contributed by atoms with Crippen LogP contribution in [0.1, 0.15) is 35.3 Å². The number of pyridine rings is 1. The average molecular weight is 504 g/mol. The molecular formula is C25H25N7O3S. The number of nitrogens with one attached hydrogen (secondary N) is 2. The van der Waals surface area contributed by atoms with Crippen LogP contribution in [0.3, 0.4) is 0 Å². The molecule has 10 nitrogen and oxygen atoms in total. The molecule has 1 aromatic carbocycles. The molecule has 0 fully saturated rings. The quantitative estimate of drug-likeness (QED) is 0.334. The summed E-state index contributed by atoms with van der Waals surface area (Å²) in [5.41, 5.74) is 4.49. The predicted octanol–water partition coefficient (Wildman–Crippen LogP) is 2.71. The highest BCUT2D eigenvalue weighted by molar-refractivity contribution is 7.89. The summed E-state index contributed by atoms with van der Waals surface area (Å²) in [4.78, 5) is 17.5. The number of carbonyl (C=O) groups is 1. The normalized spacial score (nSPS) is 11.4. The predicted molar refractivity (Wildman–Crippen MR) is 136 cm³/mol. The zero-order valence-electron chi connectivity index (χ0n) is 19.8. The molecule has 4 aromatic rings. The van der Waals surface area contributed by atoms with Crippen LogP contribution in [-0.4, -0.2) is 41.5 Å². The molecule has 0 aliphatic rings. The van der Waals surface area contributed by atoms with Crippen molar-refractivity contribution in [1.29, 1.82) is 5.26 Å². The Balaban J connectivity index is 1.52. The Hall–Kier alpha value is -4.27. The number of rotatable bonds is 8. The van der Waals surface area contributed by atoms with Crippen molar-refractivity contribution in [3.8, 4) is 17.5 Å². The van der Waals surface area contributed by atoms with E-state index in [1.807, 2.05) is 32.0 Å². The van der Waals surface area contributed by atoms with Gasteiger partial charge in [-0.25, -0.2) is 18.1 Å². The zero-order chi connectivity index (χ0) is 25.9. The number of hydrogen-bond acceptors (Lipinski definition) is 7. The van der Waals surface area contributed by atoms with Gasteiger partial charge in [-0.05, 0) is 62.2 Å². The lowest BCUT2D eigenvalue weighted by Gasteiger charge is -2.16. The van der Waals surface area contributed by atoms with Crippen LogP contribution in [0.25, 0.3) is 16.9 Å². The van der Waals surface area contributed by atoms with Gasteiger partial charge in [0.15, 0.2) is 0 Å². The minimum atomic E-state index is -3.74. The SMILES string of the molecule is CC(C)Nc1cc(-c2ccc3cc(C#N)cnn23)ncc1C(=O)NCCc1ccc(S(N)(=O)=O)cc1. The van der Waals surface area contributed by atoms with Crippen LogP contribution in [0, 0.1) is 11.3 Å². The summed E-state index contributed by atoms with van der Waals surface area (Å²) < 4.78 is 24.5. The smallest absolute Gasteiger partial charge is 0.254 e. The molecule has 184 valence electrons. The molecule has 0 unspecified atom stereocenters. The Morgan fingerprint density at radius 3 is 2.56 bits per heavy atom. The molecule has 11 heteroatoms. The van der Waals surface area contributed by atoms with E-state index in [1.54, 1.807) is 22.7 Å². The van der Waals surface area contributed by atoms with E-state index in [1.165, 1.54) is 24.5 Å². The molecule has 4 rings (SSSR count). The van der Waals surface area contributed by atoms with Gasteiger partial charge in [0.05, 0.1) is 44.8 Å². The first kappa shape index (κ1) is 24.8. The van der Waals surface area contributed by atoms with Crippen molar-refractivity contribution in [2.24, 2.45) is 5.14 Å². The molecular weight excluding hydrogens is 478 g/mol. The Morgan fingerprint density at radius 1 is 1.14 bits per heavy atom. The first-order chi connectivity index (χ1) is 17.2. The largest absolute Gasteiger partial charge is 0.382 e. The maximum absolute atomic E-state index is 13.0. The third-order valence-corrected chi connectivity index (χ3v) is 6.37. The summed E-state index contributed by atoms with van der Waals surface area (Å²) in [7, 11) is -3.74. The van der Waals surface area contributed by atoms with Crippen LogP contribution in [-0.2, 0) is 16.4 Å². The van der Waals surface area contributed by atoms with Crippen LogP contribution < -0.4 is 15.8 Å². The van der Waals surface area contributed by atoms with Crippen molar-refractivity contribution in [2.45, 2.75) is 31.2 Å². The maximum Gasteiger partial charge on any atom is 0.254 e. The standard InChI is InChI=1S/C25H25N7O3S/c1-16(2)31-22-12-23(24-8-5-19-11-18(13-26)14-30-32(19)24)29-15-21(22)25(33)28-10-9-17-3-6-20(7-4-17)36(27,34)35/h3-8,11-12,14-16H,9-10H2,1-2H3,(H,28,33)(H,29,31)(H2,27,34,35). The maximum atomic E-state index is 13.0. The summed E-state index contributed by atoms with van der Waals surface area (Å²) in [5, 5.41) is 24.8. The van der Waals surface area contributed by atoms with Gasteiger partial charge in [-0.2, -0.15) is 10.4 Å². The van der Waals surface area contributed by atoms with Crippen LogP contribution >= 0.6 is 0 Å². The van der Waals surface area contributed by atoms with Crippen molar-refractivity contribution in [2.75, 3.05) is 11.9 Å². The van der Waals surface area contributed by atoms with Crippen molar-refractivity contribution in [1.82, 2.24) is 19.9 Å². The number of amides is 1. The number of benzene rings is 1. The Bertz CT molecular complexity index is 1570. The number of carbonyl (C=O) groups excluding carboxylic acids is 1. The van der Waals surface area contributed by atoms with E-state index in [4.69, 9.17) is 10.4 Å². The molecule has 0 saturated carbocycles. The fourth-order valence-corrected chi connectivity index (χ4v) is 4.24. The first-order valence-electron chi connectivity index (χ1n) is 11.2. The fourth-order valence-electron chi connectivity index (χ4n) is 3.72. The molecule has 0 aliphatic carbocycles. The summed E-state index contributed by atoms with van der Waals surface area (Å²) in [5.74, 6) is -0.282. The molecule has 0 atom stereocenters. The molecule has 0 spiro atoms. The van der Waals surface area contributed by atoms with Crippen molar-refractivity contribution in [3.63, 3.8) is 0 Å². The van der Waals surface area contributed by atoms with E-state index in [0.29, 0.717) is 35.5 Å². The van der Waals surface area contributed by atoms with Crippen molar-refractivity contribution < 1.29 is 13.2 Å². The lowest BCUT2D eigenvalue weighted by Crippen LogP contribution is -2.27. The van der Waals surface area contributed by atoms with Gasteiger partial charge in [-0.1, -0.05) is 12.1 Å². The van der Waals surface area contributed by atoms with Crippen molar-refractivity contribution in [3.05, 3.63) is 77.6 Å². The molecule has 36 heavy (non-hydrogen) atoms. The molecule has 4 N–H and O–H groups in total. The molecule has 0 saturated heterocycles. The van der Waals surface area contributed by atoms with E-state index in [-0.39, 0.29) is 16.8 Å². The zero-order valence-corrected chi connectivity index (χ0v) is 20.6. The number of nitrogens with two attached hydrogens (primary N) is 1. The third-order valence-electron chi connectivity index (χ3n) is 5.44. The van der Waals surface area contributed by atoms with E-state index in [2.05, 4.69) is 26.8 Å². The fraction of sp³-hybridized carbons (Fsp3) is 0.200. The highest BCUT2D eigenvalue weighted by Gasteiger charge is 2.16. The van der Waals surface area contributed by atoms with Gasteiger partial charge in [-0.3, -0.25) is 9.78 Å². The lowest BCUT2D eigenvalue weighted by atomic mass is 10.1. The van der Waals surface area contributed by atoms with Crippen LogP contribution in [0.4, 0.5) is 5.69 Å². The van der Waals surface area contributed by atoms with Crippen LogP contribution in [0.5, 0.6) is 0 Å². The van der Waals surface area contributed by atoms with Gasteiger partial charge in [0.1, 0.15) is 6.07 Å². The highest BCUT2D eigenvalue weighted by atomic mass is 32.2. The number of nitrogens with zero attached hydrogens (tertiary/aromatic N) is 4. The van der Waals surface area contributed by atoms with Gasteiger partial charge in [0, 0.05) is 18.8 Å². The number of hydrogen-bond donors (Lipinski definition) is 3. The number of anilines is 1. The van der Waals surface area contributed by atoms with E-state index in [9.17, 15) is 13.2 Å². The number of fused-ring (bicyclic) bond motifs is 1.